The lowest BCUT2D eigenvalue weighted by atomic mass is 10.0. The number of anilines is 2. The van der Waals surface area contributed by atoms with E-state index in [0.717, 1.165) is 5.56 Å². The van der Waals surface area contributed by atoms with Crippen LogP contribution in [0.5, 0.6) is 0 Å². The molecule has 2 amide bonds. The zero-order valence-electron chi connectivity index (χ0n) is 16.3. The van der Waals surface area contributed by atoms with Crippen LogP contribution in [0.15, 0.2) is 42.0 Å². The summed E-state index contributed by atoms with van der Waals surface area (Å²) in [7, 11) is 3.51. The zero-order valence-corrected chi connectivity index (χ0v) is 17.9. The molecule has 3 rings (SSSR count). The molecular formula is C20H17ClN4O4S. The summed E-state index contributed by atoms with van der Waals surface area (Å²) in [6.45, 7) is 1.78. The summed E-state index contributed by atoms with van der Waals surface area (Å²) in [5.74, 6) is -1.33. The maximum absolute atomic E-state index is 13.2. The van der Waals surface area contributed by atoms with Crippen LogP contribution in [0.3, 0.4) is 0 Å². The van der Waals surface area contributed by atoms with Crippen LogP contribution in [-0.2, 0) is 9.59 Å². The van der Waals surface area contributed by atoms with Gasteiger partial charge in [0.05, 0.1) is 10.6 Å². The lowest BCUT2D eigenvalue weighted by molar-refractivity contribution is -0.384. The number of hydrogen-bond donors (Lipinski definition) is 1. The first-order valence-electron chi connectivity index (χ1n) is 8.73. The number of carbonyl (C=O) groups excluding carboxylic acids is 2. The molecule has 1 heterocycles. The Morgan fingerprint density at radius 1 is 1.20 bits per heavy atom. The molecule has 154 valence electrons. The summed E-state index contributed by atoms with van der Waals surface area (Å²) in [4.78, 5) is 39.4. The van der Waals surface area contributed by atoms with Gasteiger partial charge in [-0.05, 0) is 49.0 Å². The molecule has 0 atom stereocenters. The second kappa shape index (κ2) is 8.21. The predicted molar refractivity (Wildman–Crippen MR) is 120 cm³/mol. The van der Waals surface area contributed by atoms with E-state index in [2.05, 4.69) is 5.32 Å². The molecular weight excluding hydrogens is 428 g/mol. The Morgan fingerprint density at radius 3 is 2.53 bits per heavy atom. The highest BCUT2D eigenvalue weighted by atomic mass is 35.5. The van der Waals surface area contributed by atoms with Gasteiger partial charge in [0.1, 0.15) is 5.57 Å². The zero-order chi connectivity index (χ0) is 22.2. The van der Waals surface area contributed by atoms with E-state index in [0.29, 0.717) is 22.0 Å². The van der Waals surface area contributed by atoms with E-state index < -0.39 is 16.7 Å². The number of benzene rings is 2. The van der Waals surface area contributed by atoms with Crippen LogP contribution >= 0.6 is 23.8 Å². The van der Waals surface area contributed by atoms with Crippen LogP contribution in [0.1, 0.15) is 11.1 Å². The Kier molecular flexibility index (Phi) is 5.86. The SMILES string of the molecule is Cc1ccc(Cl)cc1N1C(=O)/C(=C\c2cc([N+](=O)[O-])ccc2N(C)C)C(=O)NC1=S. The van der Waals surface area contributed by atoms with Crippen LogP contribution in [0, 0.1) is 17.0 Å². The Bertz CT molecular complexity index is 1130. The number of nitrogens with zero attached hydrogens (tertiary/aromatic N) is 3. The van der Waals surface area contributed by atoms with E-state index in [1.807, 2.05) is 0 Å². The quantitative estimate of drug-likeness (QED) is 0.255. The molecule has 0 aliphatic carbocycles. The van der Waals surface area contributed by atoms with Gasteiger partial charge in [-0.25, -0.2) is 0 Å². The molecule has 1 fully saturated rings. The normalized spacial score (nSPS) is 15.4. The second-order valence-corrected chi connectivity index (χ2v) is 7.61. The van der Waals surface area contributed by atoms with Crippen molar-refractivity contribution in [3.63, 3.8) is 0 Å². The van der Waals surface area contributed by atoms with Crippen molar-refractivity contribution >= 4 is 63.9 Å². The minimum absolute atomic E-state index is 0.0700. The number of hydrogen-bond acceptors (Lipinski definition) is 6. The minimum Gasteiger partial charge on any atom is -0.377 e. The van der Waals surface area contributed by atoms with Gasteiger partial charge >= 0.3 is 0 Å². The molecule has 1 aliphatic heterocycles. The number of thiocarbonyl (C=S) groups is 1. The van der Waals surface area contributed by atoms with Crippen LogP contribution in [0.4, 0.5) is 17.1 Å². The fraction of sp³-hybridized carbons (Fsp3) is 0.150. The van der Waals surface area contributed by atoms with Crippen molar-refractivity contribution < 1.29 is 14.5 Å². The van der Waals surface area contributed by atoms with Crippen LogP contribution in [-0.4, -0.2) is 35.9 Å². The first-order chi connectivity index (χ1) is 14.1. The Labute approximate surface area is 182 Å². The van der Waals surface area contributed by atoms with Gasteiger partial charge in [0.25, 0.3) is 17.5 Å². The molecule has 0 saturated carbocycles. The number of carbonyl (C=O) groups is 2. The summed E-state index contributed by atoms with van der Waals surface area (Å²) in [5.41, 5.74) is 1.77. The standard InChI is InChI=1S/C20H17ClN4O4S/c1-11-4-5-13(21)10-17(11)24-19(27)15(18(26)22-20(24)30)9-12-8-14(25(28)29)6-7-16(12)23(2)3/h4-10H,1-3H3,(H,22,26,30)/b15-9-. The highest BCUT2D eigenvalue weighted by Crippen LogP contribution is 2.30. The van der Waals surface area contributed by atoms with Crippen molar-refractivity contribution in [2.45, 2.75) is 6.92 Å². The molecule has 0 bridgehead atoms. The minimum atomic E-state index is -0.683. The number of nitro groups is 1. The summed E-state index contributed by atoms with van der Waals surface area (Å²) >= 11 is 11.3. The van der Waals surface area contributed by atoms with Gasteiger partial charge in [-0.3, -0.25) is 29.9 Å². The first-order valence-corrected chi connectivity index (χ1v) is 9.52. The summed E-state index contributed by atoms with van der Waals surface area (Å²) in [6.07, 6.45) is 1.33. The Hall–Kier alpha value is -3.30. The lowest BCUT2D eigenvalue weighted by Gasteiger charge is -2.30. The van der Waals surface area contributed by atoms with Crippen molar-refractivity contribution in [1.29, 1.82) is 0 Å². The molecule has 30 heavy (non-hydrogen) atoms. The molecule has 1 aliphatic rings. The second-order valence-electron chi connectivity index (χ2n) is 6.78. The van der Waals surface area contributed by atoms with Gasteiger partial charge in [0.15, 0.2) is 5.11 Å². The van der Waals surface area contributed by atoms with Crippen molar-refractivity contribution in [1.82, 2.24) is 5.32 Å². The highest BCUT2D eigenvalue weighted by Gasteiger charge is 2.35. The molecule has 8 nitrogen and oxygen atoms in total. The van der Waals surface area contributed by atoms with Crippen molar-refractivity contribution in [2.75, 3.05) is 23.9 Å². The maximum atomic E-state index is 13.2. The number of nitrogens with one attached hydrogen (secondary N) is 1. The third kappa shape index (κ3) is 4.03. The number of rotatable bonds is 4. The van der Waals surface area contributed by atoms with Crippen LogP contribution in [0.2, 0.25) is 5.02 Å². The van der Waals surface area contributed by atoms with E-state index in [9.17, 15) is 19.7 Å². The van der Waals surface area contributed by atoms with Gasteiger partial charge in [-0.2, -0.15) is 0 Å². The molecule has 0 radical (unpaired) electrons. The van der Waals surface area contributed by atoms with E-state index in [4.69, 9.17) is 23.8 Å². The van der Waals surface area contributed by atoms with E-state index >= 15 is 0 Å². The molecule has 1 N–H and O–H groups in total. The molecule has 0 aromatic heterocycles. The number of amides is 2. The predicted octanol–water partition coefficient (Wildman–Crippen LogP) is 3.45. The molecule has 0 spiro atoms. The molecule has 1 saturated heterocycles. The van der Waals surface area contributed by atoms with Gasteiger partial charge in [-0.1, -0.05) is 17.7 Å². The molecule has 0 unspecified atom stereocenters. The monoisotopic (exact) mass is 444 g/mol. The number of halogens is 1. The van der Waals surface area contributed by atoms with E-state index in [1.165, 1.54) is 23.1 Å². The molecule has 2 aromatic carbocycles. The largest absolute Gasteiger partial charge is 0.377 e. The summed E-state index contributed by atoms with van der Waals surface area (Å²) in [6, 6.07) is 9.22. The highest BCUT2D eigenvalue weighted by molar-refractivity contribution is 7.80. The first kappa shape index (κ1) is 21.4. The number of nitro benzene ring substituents is 1. The summed E-state index contributed by atoms with van der Waals surface area (Å²) < 4.78 is 0. The third-order valence-electron chi connectivity index (χ3n) is 4.52. The average Bonchev–Trinajstić information content (AvgIpc) is 2.67. The average molecular weight is 445 g/mol. The van der Waals surface area contributed by atoms with Gasteiger partial charge in [0.2, 0.25) is 0 Å². The lowest BCUT2D eigenvalue weighted by Crippen LogP contribution is -2.54. The fourth-order valence-corrected chi connectivity index (χ4v) is 3.47. The van der Waals surface area contributed by atoms with Crippen molar-refractivity contribution in [3.8, 4) is 0 Å². The van der Waals surface area contributed by atoms with E-state index in [-0.39, 0.29) is 16.4 Å². The van der Waals surface area contributed by atoms with E-state index in [1.54, 1.807) is 50.2 Å². The number of aryl methyl sites for hydroxylation is 1. The Balaban J connectivity index is 2.15. The molecule has 10 heteroatoms. The van der Waals surface area contributed by atoms with Gasteiger partial charge in [0, 0.05) is 42.5 Å². The van der Waals surface area contributed by atoms with Crippen LogP contribution in [0.25, 0.3) is 6.08 Å². The van der Waals surface area contributed by atoms with Gasteiger partial charge < -0.3 is 4.90 Å². The summed E-state index contributed by atoms with van der Waals surface area (Å²) in [5, 5.41) is 14.0. The fourth-order valence-electron chi connectivity index (χ4n) is 3.03. The van der Waals surface area contributed by atoms with Crippen molar-refractivity contribution in [2.24, 2.45) is 0 Å². The van der Waals surface area contributed by atoms with Crippen LogP contribution < -0.4 is 15.1 Å². The van der Waals surface area contributed by atoms with Crippen molar-refractivity contribution in [3.05, 3.63) is 68.2 Å². The maximum Gasteiger partial charge on any atom is 0.270 e. The molecule has 2 aromatic rings. The topological polar surface area (TPSA) is 95.8 Å². The Morgan fingerprint density at radius 2 is 1.90 bits per heavy atom. The smallest absolute Gasteiger partial charge is 0.270 e. The number of non-ortho nitro benzene ring substituents is 1. The van der Waals surface area contributed by atoms with Gasteiger partial charge in [-0.15, -0.1) is 0 Å². The third-order valence-corrected chi connectivity index (χ3v) is 5.04.